The summed E-state index contributed by atoms with van der Waals surface area (Å²) in [7, 11) is -3.82. The molecule has 0 aromatic heterocycles. The molecule has 2 rings (SSSR count). The molecular weight excluding hydrogens is 556 g/mol. The summed E-state index contributed by atoms with van der Waals surface area (Å²) in [6, 6.07) is 9.40. The standard InChI is InChI=1S/C25H32BrF2N3O4S/c1-5-17(2)29-25(33)18(3)30(16-19-8-6-9-20(26)14-19)24(32)10-7-13-31(36(4,34)35)21-11-12-22(27)23(28)15-21/h6,8-9,11-12,14-15,17-18H,5,7,10,13,16H2,1-4H3,(H,29,33). The summed E-state index contributed by atoms with van der Waals surface area (Å²) in [5.41, 5.74) is 0.789. The van der Waals surface area contributed by atoms with Crippen molar-refractivity contribution in [2.45, 2.75) is 58.7 Å². The molecule has 7 nitrogen and oxygen atoms in total. The quantitative estimate of drug-likeness (QED) is 0.393. The van der Waals surface area contributed by atoms with Crippen molar-refractivity contribution in [1.82, 2.24) is 10.2 Å². The molecule has 2 aromatic carbocycles. The van der Waals surface area contributed by atoms with Crippen LogP contribution >= 0.6 is 15.9 Å². The van der Waals surface area contributed by atoms with Crippen LogP contribution in [0.15, 0.2) is 46.9 Å². The molecule has 2 amide bonds. The van der Waals surface area contributed by atoms with Crippen LogP contribution < -0.4 is 9.62 Å². The topological polar surface area (TPSA) is 86.8 Å². The van der Waals surface area contributed by atoms with E-state index in [2.05, 4.69) is 21.2 Å². The first kappa shape index (κ1) is 29.7. The van der Waals surface area contributed by atoms with Crippen LogP contribution in [0, 0.1) is 11.6 Å². The van der Waals surface area contributed by atoms with Gasteiger partial charge in [0, 0.05) is 36.1 Å². The van der Waals surface area contributed by atoms with Gasteiger partial charge in [-0.05, 0) is 56.5 Å². The lowest BCUT2D eigenvalue weighted by molar-refractivity contribution is -0.140. The maximum atomic E-state index is 13.7. The van der Waals surface area contributed by atoms with Crippen LogP contribution in [0.3, 0.4) is 0 Å². The third-order valence-corrected chi connectivity index (χ3v) is 7.44. The molecule has 2 aromatic rings. The highest BCUT2D eigenvalue weighted by atomic mass is 79.9. The summed E-state index contributed by atoms with van der Waals surface area (Å²) in [6.07, 6.45) is 1.75. The van der Waals surface area contributed by atoms with Crippen LogP contribution in [-0.2, 0) is 26.2 Å². The Kier molecular flexibility index (Phi) is 10.8. The number of benzene rings is 2. The first-order valence-electron chi connectivity index (χ1n) is 11.6. The molecule has 1 N–H and O–H groups in total. The van der Waals surface area contributed by atoms with Crippen LogP contribution in [-0.4, -0.2) is 50.0 Å². The molecule has 0 aliphatic rings. The Morgan fingerprint density at radius 2 is 1.78 bits per heavy atom. The van der Waals surface area contributed by atoms with E-state index in [1.807, 2.05) is 38.1 Å². The minimum Gasteiger partial charge on any atom is -0.352 e. The summed E-state index contributed by atoms with van der Waals surface area (Å²) in [5, 5.41) is 2.89. The third kappa shape index (κ3) is 8.55. The van der Waals surface area contributed by atoms with Crippen LogP contribution in [0.1, 0.15) is 45.6 Å². The number of carbonyl (C=O) groups is 2. The van der Waals surface area contributed by atoms with Crippen molar-refractivity contribution < 1.29 is 26.8 Å². The Hall–Kier alpha value is -2.53. The molecule has 2 unspecified atom stereocenters. The van der Waals surface area contributed by atoms with Gasteiger partial charge in [-0.15, -0.1) is 0 Å². The molecule has 11 heteroatoms. The van der Waals surface area contributed by atoms with Crippen molar-refractivity contribution in [3.63, 3.8) is 0 Å². The molecule has 0 aliphatic heterocycles. The van der Waals surface area contributed by atoms with Crippen molar-refractivity contribution in [2.75, 3.05) is 17.1 Å². The number of amides is 2. The number of carbonyl (C=O) groups excluding carboxylic acids is 2. The van der Waals surface area contributed by atoms with E-state index in [0.717, 1.165) is 39.2 Å². The van der Waals surface area contributed by atoms with E-state index in [9.17, 15) is 26.8 Å². The largest absolute Gasteiger partial charge is 0.352 e. The summed E-state index contributed by atoms with van der Waals surface area (Å²) in [5.74, 6) is -2.87. The maximum Gasteiger partial charge on any atom is 0.242 e. The van der Waals surface area contributed by atoms with Crippen molar-refractivity contribution in [2.24, 2.45) is 0 Å². The second-order valence-corrected chi connectivity index (χ2v) is 11.5. The first-order valence-corrected chi connectivity index (χ1v) is 14.2. The second-order valence-electron chi connectivity index (χ2n) is 8.68. The van der Waals surface area contributed by atoms with E-state index in [1.165, 1.54) is 11.0 Å². The highest BCUT2D eigenvalue weighted by Gasteiger charge is 2.27. The molecule has 36 heavy (non-hydrogen) atoms. The number of hydrogen-bond acceptors (Lipinski definition) is 4. The van der Waals surface area contributed by atoms with Gasteiger partial charge >= 0.3 is 0 Å². The van der Waals surface area contributed by atoms with E-state index < -0.39 is 27.7 Å². The number of sulfonamides is 1. The lowest BCUT2D eigenvalue weighted by atomic mass is 10.1. The van der Waals surface area contributed by atoms with Gasteiger partial charge in [-0.2, -0.15) is 0 Å². The number of anilines is 1. The van der Waals surface area contributed by atoms with Gasteiger partial charge in [-0.3, -0.25) is 13.9 Å². The van der Waals surface area contributed by atoms with Gasteiger partial charge in [-0.1, -0.05) is 35.0 Å². The Balaban J connectivity index is 2.19. The van der Waals surface area contributed by atoms with Gasteiger partial charge in [0.05, 0.1) is 11.9 Å². The van der Waals surface area contributed by atoms with E-state index in [1.54, 1.807) is 6.92 Å². The SMILES string of the molecule is CCC(C)NC(=O)C(C)N(Cc1cccc(Br)c1)C(=O)CCCN(c1ccc(F)c(F)c1)S(C)(=O)=O. The Bertz CT molecular complexity index is 1180. The minimum absolute atomic E-state index is 0.0314. The predicted octanol–water partition coefficient (Wildman–Crippen LogP) is 4.61. The number of nitrogens with zero attached hydrogens (tertiary/aromatic N) is 2. The van der Waals surface area contributed by atoms with Crippen molar-refractivity contribution in [1.29, 1.82) is 0 Å². The van der Waals surface area contributed by atoms with Crippen LogP contribution in [0.4, 0.5) is 14.5 Å². The Morgan fingerprint density at radius 1 is 1.08 bits per heavy atom. The van der Waals surface area contributed by atoms with E-state index in [0.29, 0.717) is 0 Å². The van der Waals surface area contributed by atoms with Crippen molar-refractivity contribution >= 4 is 43.5 Å². The normalized spacial score (nSPS) is 13.1. The van der Waals surface area contributed by atoms with E-state index in [4.69, 9.17) is 0 Å². The molecule has 0 heterocycles. The molecule has 2 atom stereocenters. The fraction of sp³-hybridized carbons (Fsp3) is 0.440. The number of hydrogen-bond donors (Lipinski definition) is 1. The van der Waals surface area contributed by atoms with Gasteiger partial charge < -0.3 is 10.2 Å². The molecule has 198 valence electrons. The van der Waals surface area contributed by atoms with Crippen molar-refractivity contribution in [3.8, 4) is 0 Å². The number of nitrogens with one attached hydrogen (secondary N) is 1. The second kappa shape index (κ2) is 13.1. The zero-order valence-electron chi connectivity index (χ0n) is 20.8. The predicted molar refractivity (Wildman–Crippen MR) is 140 cm³/mol. The smallest absolute Gasteiger partial charge is 0.242 e. The highest BCUT2D eigenvalue weighted by molar-refractivity contribution is 9.10. The zero-order valence-corrected chi connectivity index (χ0v) is 23.2. The summed E-state index contributed by atoms with van der Waals surface area (Å²) in [6.45, 7) is 5.54. The number of rotatable bonds is 12. The average Bonchev–Trinajstić information content (AvgIpc) is 2.80. The van der Waals surface area contributed by atoms with Crippen LogP contribution in [0.5, 0.6) is 0 Å². The van der Waals surface area contributed by atoms with Gasteiger partial charge in [0.15, 0.2) is 11.6 Å². The molecule has 0 radical (unpaired) electrons. The monoisotopic (exact) mass is 587 g/mol. The fourth-order valence-electron chi connectivity index (χ4n) is 3.52. The van der Waals surface area contributed by atoms with Crippen LogP contribution in [0.2, 0.25) is 0 Å². The summed E-state index contributed by atoms with van der Waals surface area (Å²) < 4.78 is 53.4. The molecule has 0 spiro atoms. The van der Waals surface area contributed by atoms with Gasteiger partial charge in [0.25, 0.3) is 0 Å². The summed E-state index contributed by atoms with van der Waals surface area (Å²) >= 11 is 3.41. The molecule has 0 bridgehead atoms. The molecule has 0 saturated heterocycles. The van der Waals surface area contributed by atoms with Crippen LogP contribution in [0.25, 0.3) is 0 Å². The van der Waals surface area contributed by atoms with Crippen molar-refractivity contribution in [3.05, 3.63) is 64.1 Å². The summed E-state index contributed by atoms with van der Waals surface area (Å²) in [4.78, 5) is 27.5. The number of halogens is 3. The first-order chi connectivity index (χ1) is 16.8. The zero-order chi connectivity index (χ0) is 27.0. The lowest BCUT2D eigenvalue weighted by Gasteiger charge is -2.30. The van der Waals surface area contributed by atoms with E-state index in [-0.39, 0.29) is 49.5 Å². The van der Waals surface area contributed by atoms with Gasteiger partial charge in [0.1, 0.15) is 6.04 Å². The third-order valence-electron chi connectivity index (χ3n) is 5.75. The minimum atomic E-state index is -3.82. The lowest BCUT2D eigenvalue weighted by Crippen LogP contribution is -2.49. The maximum absolute atomic E-state index is 13.7. The molecule has 0 fully saturated rings. The Labute approximate surface area is 220 Å². The molecule has 0 saturated carbocycles. The molecule has 0 aliphatic carbocycles. The van der Waals surface area contributed by atoms with E-state index >= 15 is 0 Å². The average molecular weight is 589 g/mol. The van der Waals surface area contributed by atoms with Gasteiger partial charge in [-0.25, -0.2) is 17.2 Å². The molecular formula is C25H32BrF2N3O4S. The Morgan fingerprint density at radius 3 is 2.36 bits per heavy atom. The fourth-order valence-corrected chi connectivity index (χ4v) is 4.93. The highest BCUT2D eigenvalue weighted by Crippen LogP contribution is 2.22. The van der Waals surface area contributed by atoms with Gasteiger partial charge in [0.2, 0.25) is 21.8 Å².